The maximum absolute atomic E-state index is 13.4. The number of hydrogen-bond acceptors (Lipinski definition) is 6. The molecule has 1 saturated carbocycles. The molecule has 198 valence electrons. The van der Waals surface area contributed by atoms with Gasteiger partial charge in [0.05, 0.1) is 11.4 Å². The number of tetrazole rings is 1. The van der Waals surface area contributed by atoms with Crippen molar-refractivity contribution in [2.24, 2.45) is 17.8 Å². The monoisotopic (exact) mass is 546 g/mol. The molecule has 4 aromatic rings. The lowest BCUT2D eigenvalue weighted by molar-refractivity contribution is 0.271. The van der Waals surface area contributed by atoms with Crippen molar-refractivity contribution in [2.45, 2.75) is 37.9 Å². The molecule has 0 unspecified atom stereocenters. The summed E-state index contributed by atoms with van der Waals surface area (Å²) in [5.74, 6) is 0.353. The first-order chi connectivity index (χ1) is 18.1. The van der Waals surface area contributed by atoms with Crippen LogP contribution in [0.15, 0.2) is 96.2 Å². The highest BCUT2D eigenvalue weighted by Gasteiger charge is 2.54. The Morgan fingerprint density at radius 3 is 1.89 bits per heavy atom. The summed E-state index contributed by atoms with van der Waals surface area (Å²) in [4.78, 5) is 0. The van der Waals surface area contributed by atoms with E-state index in [4.69, 9.17) is 4.43 Å². The molecule has 9 heteroatoms. The van der Waals surface area contributed by atoms with E-state index >= 15 is 0 Å². The second kappa shape index (κ2) is 10.2. The highest BCUT2D eigenvalue weighted by Crippen LogP contribution is 2.49. The third kappa shape index (κ3) is 4.86. The molecule has 0 bridgehead atoms. The summed E-state index contributed by atoms with van der Waals surface area (Å²) in [5.41, 5.74) is 0.617. The van der Waals surface area contributed by atoms with E-state index in [1.807, 2.05) is 30.3 Å². The van der Waals surface area contributed by atoms with Crippen LogP contribution in [0.25, 0.3) is 5.69 Å². The van der Waals surface area contributed by atoms with Gasteiger partial charge in [0.2, 0.25) is 9.84 Å². The Bertz CT molecular complexity index is 1430. The van der Waals surface area contributed by atoms with Crippen LogP contribution in [0.4, 0.5) is 0 Å². The largest absolute Gasteiger partial charge is 0.407 e. The van der Waals surface area contributed by atoms with Crippen LogP contribution in [0, 0.1) is 17.8 Å². The van der Waals surface area contributed by atoms with Crippen LogP contribution in [0.3, 0.4) is 0 Å². The van der Waals surface area contributed by atoms with Gasteiger partial charge in [-0.15, -0.1) is 0 Å². The summed E-state index contributed by atoms with van der Waals surface area (Å²) >= 11 is 0. The molecule has 1 fully saturated rings. The van der Waals surface area contributed by atoms with Gasteiger partial charge in [-0.2, -0.15) is 4.68 Å². The Labute approximate surface area is 225 Å². The number of nitrogens with zero attached hydrogens (tertiary/aromatic N) is 4. The molecule has 1 aliphatic rings. The number of benzene rings is 3. The third-order valence-electron chi connectivity index (χ3n) is 7.80. The van der Waals surface area contributed by atoms with Crippen LogP contribution in [0.5, 0.6) is 0 Å². The zero-order chi connectivity index (χ0) is 27.0. The second-order valence-corrected chi connectivity index (χ2v) is 17.4. The molecule has 0 radical (unpaired) electrons. The molecule has 0 spiro atoms. The van der Waals surface area contributed by atoms with Gasteiger partial charge in [-0.25, -0.2) is 8.42 Å². The van der Waals surface area contributed by atoms with Gasteiger partial charge in [-0.3, -0.25) is 0 Å². The Morgan fingerprint density at radius 1 is 0.842 bits per heavy atom. The van der Waals surface area contributed by atoms with E-state index < -0.39 is 18.2 Å². The van der Waals surface area contributed by atoms with Crippen LogP contribution in [-0.2, 0) is 14.3 Å². The molecule has 0 amide bonds. The lowest BCUT2D eigenvalue weighted by Crippen LogP contribution is -2.66. The summed E-state index contributed by atoms with van der Waals surface area (Å²) in [5, 5.41) is 13.7. The highest BCUT2D eigenvalue weighted by atomic mass is 32.2. The predicted molar refractivity (Wildman–Crippen MR) is 151 cm³/mol. The molecule has 1 aromatic heterocycles. The first kappa shape index (κ1) is 26.5. The van der Waals surface area contributed by atoms with Gasteiger partial charge in [0, 0.05) is 6.61 Å². The lowest BCUT2D eigenvalue weighted by atomic mass is 10.2. The summed E-state index contributed by atoms with van der Waals surface area (Å²) in [6.45, 7) is 9.38. The van der Waals surface area contributed by atoms with Gasteiger partial charge in [0.1, 0.15) is 0 Å². The van der Waals surface area contributed by atoms with Crippen LogP contribution in [0.2, 0.25) is 5.04 Å². The molecule has 7 nitrogen and oxygen atoms in total. The standard InChI is InChI=1S/C29H34N4O3SSi/c1-22-26(27(22)21-37(34,35)28-30-31-32-33(28)23-14-8-5-9-15-23)20-36-38(29(2,3)4,24-16-10-6-11-17-24)25-18-12-7-13-19-25/h5-19,22,26-27H,20-21H2,1-4H3/t22-,26+,27+/m1/s1. The molecule has 3 atom stereocenters. The maximum atomic E-state index is 13.4. The van der Waals surface area contributed by atoms with E-state index in [2.05, 4.69) is 91.8 Å². The van der Waals surface area contributed by atoms with Gasteiger partial charge in [-0.1, -0.05) is 112 Å². The predicted octanol–water partition coefficient (Wildman–Crippen LogP) is 3.89. The van der Waals surface area contributed by atoms with E-state index in [9.17, 15) is 8.42 Å². The molecule has 3 aromatic carbocycles. The van der Waals surface area contributed by atoms with Gasteiger partial charge in [-0.05, 0) is 55.7 Å². The Morgan fingerprint density at radius 2 is 1.37 bits per heavy atom. The van der Waals surface area contributed by atoms with E-state index in [0.29, 0.717) is 12.3 Å². The fourth-order valence-corrected chi connectivity index (χ4v) is 12.0. The summed E-state index contributed by atoms with van der Waals surface area (Å²) < 4.78 is 35.3. The van der Waals surface area contributed by atoms with Gasteiger partial charge in [0.15, 0.2) is 0 Å². The lowest BCUT2D eigenvalue weighted by Gasteiger charge is -2.43. The zero-order valence-corrected chi connectivity index (χ0v) is 24.0. The molecular weight excluding hydrogens is 512 g/mol. The average molecular weight is 547 g/mol. The topological polar surface area (TPSA) is 87.0 Å². The highest BCUT2D eigenvalue weighted by molar-refractivity contribution is 7.91. The normalized spacial score (nSPS) is 19.8. The fraction of sp³-hybridized carbons (Fsp3) is 0.345. The Balaban J connectivity index is 1.39. The van der Waals surface area contributed by atoms with Crippen LogP contribution in [0.1, 0.15) is 27.7 Å². The Kier molecular flexibility index (Phi) is 7.10. The number of para-hydroxylation sites is 1. The molecule has 0 N–H and O–H groups in total. The number of hydrogen-bond donors (Lipinski definition) is 0. The van der Waals surface area contributed by atoms with Crippen molar-refractivity contribution in [3.05, 3.63) is 91.0 Å². The molecule has 1 aliphatic carbocycles. The molecular formula is C29H34N4O3SSi. The van der Waals surface area contributed by atoms with E-state index in [1.54, 1.807) is 12.1 Å². The molecule has 5 rings (SSSR count). The van der Waals surface area contributed by atoms with Crippen molar-refractivity contribution < 1.29 is 12.8 Å². The van der Waals surface area contributed by atoms with E-state index in [1.165, 1.54) is 15.1 Å². The van der Waals surface area contributed by atoms with E-state index in [-0.39, 0.29) is 33.7 Å². The third-order valence-corrected chi connectivity index (χ3v) is 14.4. The van der Waals surface area contributed by atoms with Gasteiger partial charge in [0.25, 0.3) is 13.5 Å². The average Bonchev–Trinajstić information content (AvgIpc) is 3.28. The molecule has 0 saturated heterocycles. The van der Waals surface area contributed by atoms with E-state index in [0.717, 1.165) is 0 Å². The fourth-order valence-electron chi connectivity index (χ4n) is 5.60. The van der Waals surface area contributed by atoms with Crippen molar-refractivity contribution in [3.63, 3.8) is 0 Å². The second-order valence-electron chi connectivity index (χ2n) is 11.2. The number of sulfone groups is 1. The van der Waals surface area contributed by atoms with Gasteiger partial charge >= 0.3 is 0 Å². The maximum Gasteiger partial charge on any atom is 0.272 e. The molecule has 1 heterocycles. The van der Waals surface area contributed by atoms with Crippen molar-refractivity contribution >= 4 is 28.5 Å². The van der Waals surface area contributed by atoms with Crippen molar-refractivity contribution in [1.82, 2.24) is 20.2 Å². The van der Waals surface area contributed by atoms with Crippen LogP contribution >= 0.6 is 0 Å². The minimum atomic E-state index is -3.70. The zero-order valence-electron chi connectivity index (χ0n) is 22.2. The van der Waals surface area contributed by atoms with Crippen molar-refractivity contribution in [2.75, 3.05) is 12.4 Å². The number of rotatable bonds is 9. The number of aromatic nitrogens is 4. The smallest absolute Gasteiger partial charge is 0.272 e. The first-order valence-corrected chi connectivity index (χ1v) is 16.5. The quantitative estimate of drug-likeness (QED) is 0.296. The minimum absolute atomic E-state index is 0.00382. The summed E-state index contributed by atoms with van der Waals surface area (Å²) in [7, 11) is -6.38. The Hall–Kier alpha value is -3.14. The summed E-state index contributed by atoms with van der Waals surface area (Å²) in [6.07, 6.45) is 0. The van der Waals surface area contributed by atoms with Gasteiger partial charge < -0.3 is 4.43 Å². The van der Waals surface area contributed by atoms with Crippen molar-refractivity contribution in [1.29, 1.82) is 0 Å². The molecule has 0 aliphatic heterocycles. The SMILES string of the molecule is C[C@@H]1[C@H](CO[Si](c2ccccc2)(c2ccccc2)C(C)(C)C)[C@H]1CS(=O)(=O)c1nnnn1-c1ccccc1. The summed E-state index contributed by atoms with van der Waals surface area (Å²) in [6, 6.07) is 30.1. The van der Waals surface area contributed by atoms with Crippen LogP contribution < -0.4 is 10.4 Å². The molecule has 38 heavy (non-hydrogen) atoms. The minimum Gasteiger partial charge on any atom is -0.407 e. The van der Waals surface area contributed by atoms with Crippen molar-refractivity contribution in [3.8, 4) is 5.69 Å². The van der Waals surface area contributed by atoms with Crippen LogP contribution in [-0.4, -0.2) is 49.3 Å². The first-order valence-electron chi connectivity index (χ1n) is 13.0.